The molecule has 0 amide bonds. The topological polar surface area (TPSA) is 24.5 Å². The van der Waals surface area contributed by atoms with Crippen molar-refractivity contribution >= 4 is 0 Å². The lowest BCUT2D eigenvalue weighted by Gasteiger charge is -2.43. The summed E-state index contributed by atoms with van der Waals surface area (Å²) in [6.07, 6.45) is 9.49. The van der Waals surface area contributed by atoms with E-state index < -0.39 is 0 Å². The Morgan fingerprint density at radius 2 is 2.10 bits per heavy atom. The largest absolute Gasteiger partial charge is 0.381 e. The smallest absolute Gasteiger partial charge is 0.0546 e. The van der Waals surface area contributed by atoms with Crippen molar-refractivity contribution in [1.82, 2.24) is 10.2 Å². The molecule has 0 aromatic carbocycles. The van der Waals surface area contributed by atoms with Gasteiger partial charge in [0.2, 0.25) is 0 Å². The molecule has 0 aromatic heterocycles. The van der Waals surface area contributed by atoms with Gasteiger partial charge in [0.1, 0.15) is 0 Å². The molecule has 2 heterocycles. The minimum Gasteiger partial charge on any atom is -0.381 e. The fourth-order valence-electron chi connectivity index (χ4n) is 3.96. The average Bonchev–Trinajstić information content (AvgIpc) is 2.71. The maximum Gasteiger partial charge on any atom is 0.0546 e. The second-order valence-corrected chi connectivity index (χ2v) is 6.82. The highest BCUT2D eigenvalue weighted by atomic mass is 16.5. The minimum absolute atomic E-state index is 0.353. The molecule has 0 spiro atoms. The van der Waals surface area contributed by atoms with Gasteiger partial charge in [-0.3, -0.25) is 4.90 Å². The van der Waals surface area contributed by atoms with Crippen LogP contribution in [0.15, 0.2) is 0 Å². The van der Waals surface area contributed by atoms with Gasteiger partial charge in [0.05, 0.1) is 6.61 Å². The molecule has 3 heteroatoms. The second kappa shape index (κ2) is 8.35. The Morgan fingerprint density at radius 3 is 2.80 bits per heavy atom. The standard InChI is InChI=1S/C17H34N2O/c1-3-16-9-6-5-7-11-19(16)14-17(13-18-4-2)10-8-12-20-15-17/h16,18H,3-15H2,1-2H3. The average molecular weight is 282 g/mol. The number of hydrogen-bond donors (Lipinski definition) is 1. The summed E-state index contributed by atoms with van der Waals surface area (Å²) < 4.78 is 5.86. The number of ether oxygens (including phenoxy) is 1. The second-order valence-electron chi connectivity index (χ2n) is 6.82. The highest BCUT2D eigenvalue weighted by Gasteiger charge is 2.36. The van der Waals surface area contributed by atoms with Crippen molar-refractivity contribution in [2.45, 2.75) is 64.8 Å². The van der Waals surface area contributed by atoms with Gasteiger partial charge in [0.15, 0.2) is 0 Å². The third kappa shape index (κ3) is 4.44. The molecule has 118 valence electrons. The van der Waals surface area contributed by atoms with Crippen LogP contribution in [0.3, 0.4) is 0 Å². The Morgan fingerprint density at radius 1 is 1.20 bits per heavy atom. The number of likely N-dealkylation sites (tertiary alicyclic amines) is 1. The Kier molecular flexibility index (Phi) is 6.79. The van der Waals surface area contributed by atoms with Gasteiger partial charge in [-0.05, 0) is 45.2 Å². The molecule has 0 saturated carbocycles. The van der Waals surface area contributed by atoms with Gasteiger partial charge < -0.3 is 10.1 Å². The van der Waals surface area contributed by atoms with E-state index in [2.05, 4.69) is 24.1 Å². The molecule has 0 aromatic rings. The van der Waals surface area contributed by atoms with Crippen molar-refractivity contribution in [2.24, 2.45) is 5.41 Å². The van der Waals surface area contributed by atoms with Gasteiger partial charge in [-0.1, -0.05) is 26.7 Å². The fraction of sp³-hybridized carbons (Fsp3) is 1.00. The van der Waals surface area contributed by atoms with E-state index in [0.717, 1.165) is 32.3 Å². The molecule has 2 aliphatic rings. The molecule has 2 rings (SSSR count). The quantitative estimate of drug-likeness (QED) is 0.810. The lowest BCUT2D eigenvalue weighted by molar-refractivity contribution is -0.0326. The van der Waals surface area contributed by atoms with E-state index in [1.165, 1.54) is 58.0 Å². The highest BCUT2D eigenvalue weighted by molar-refractivity contribution is 4.89. The van der Waals surface area contributed by atoms with Crippen molar-refractivity contribution in [3.63, 3.8) is 0 Å². The fourth-order valence-corrected chi connectivity index (χ4v) is 3.96. The first-order valence-corrected chi connectivity index (χ1v) is 8.82. The normalized spacial score (nSPS) is 33.0. The Labute approximate surface area is 125 Å². The summed E-state index contributed by atoms with van der Waals surface area (Å²) in [5, 5.41) is 3.59. The molecule has 2 fully saturated rings. The summed E-state index contributed by atoms with van der Waals surface area (Å²) in [6, 6.07) is 0.804. The van der Waals surface area contributed by atoms with Gasteiger partial charge >= 0.3 is 0 Å². The highest BCUT2D eigenvalue weighted by Crippen LogP contribution is 2.32. The van der Waals surface area contributed by atoms with E-state index >= 15 is 0 Å². The molecule has 0 aliphatic carbocycles. The summed E-state index contributed by atoms with van der Waals surface area (Å²) >= 11 is 0. The molecule has 2 saturated heterocycles. The SMILES string of the molecule is CCNCC1(CN2CCCCCC2CC)CCCOC1. The van der Waals surface area contributed by atoms with Crippen molar-refractivity contribution in [1.29, 1.82) is 0 Å². The molecule has 3 nitrogen and oxygen atoms in total. The number of rotatable bonds is 6. The van der Waals surface area contributed by atoms with E-state index in [4.69, 9.17) is 4.74 Å². The van der Waals surface area contributed by atoms with Crippen LogP contribution in [0.5, 0.6) is 0 Å². The molecule has 20 heavy (non-hydrogen) atoms. The monoisotopic (exact) mass is 282 g/mol. The predicted molar refractivity (Wildman–Crippen MR) is 85.1 cm³/mol. The van der Waals surface area contributed by atoms with E-state index in [1.54, 1.807) is 0 Å². The zero-order valence-electron chi connectivity index (χ0n) is 13.6. The zero-order valence-corrected chi connectivity index (χ0v) is 13.6. The van der Waals surface area contributed by atoms with Crippen LogP contribution in [0.25, 0.3) is 0 Å². The summed E-state index contributed by atoms with van der Waals surface area (Å²) in [5.41, 5.74) is 0.353. The van der Waals surface area contributed by atoms with Gasteiger partial charge in [-0.25, -0.2) is 0 Å². The summed E-state index contributed by atoms with van der Waals surface area (Å²) in [7, 11) is 0. The van der Waals surface area contributed by atoms with Crippen LogP contribution in [0.1, 0.15) is 58.8 Å². The first-order chi connectivity index (χ1) is 9.79. The molecule has 0 radical (unpaired) electrons. The first kappa shape index (κ1) is 16.3. The van der Waals surface area contributed by atoms with Crippen molar-refractivity contribution < 1.29 is 4.74 Å². The van der Waals surface area contributed by atoms with Crippen molar-refractivity contribution in [2.75, 3.05) is 39.4 Å². The van der Waals surface area contributed by atoms with E-state index in [-0.39, 0.29) is 0 Å². The van der Waals surface area contributed by atoms with Crippen LogP contribution in [-0.4, -0.2) is 50.3 Å². The number of hydrogen-bond acceptors (Lipinski definition) is 3. The van der Waals surface area contributed by atoms with Gasteiger partial charge in [0, 0.05) is 31.2 Å². The molecule has 2 unspecified atom stereocenters. The first-order valence-electron chi connectivity index (χ1n) is 8.82. The van der Waals surface area contributed by atoms with Gasteiger partial charge in [-0.2, -0.15) is 0 Å². The molecule has 2 aliphatic heterocycles. The lowest BCUT2D eigenvalue weighted by Crippen LogP contribution is -2.51. The molecule has 1 N–H and O–H groups in total. The van der Waals surface area contributed by atoms with Crippen molar-refractivity contribution in [3.8, 4) is 0 Å². The summed E-state index contributed by atoms with van der Waals surface area (Å²) in [6.45, 7) is 11.2. The molecule has 2 atom stereocenters. The van der Waals surface area contributed by atoms with E-state index in [0.29, 0.717) is 5.41 Å². The van der Waals surface area contributed by atoms with Crippen LogP contribution in [0, 0.1) is 5.41 Å². The Bertz CT molecular complexity index is 264. The third-order valence-electron chi connectivity index (χ3n) is 5.16. The zero-order chi connectivity index (χ0) is 14.3. The lowest BCUT2D eigenvalue weighted by atomic mass is 9.81. The summed E-state index contributed by atoms with van der Waals surface area (Å²) in [4.78, 5) is 2.79. The Balaban J connectivity index is 2.00. The third-order valence-corrected chi connectivity index (χ3v) is 5.16. The van der Waals surface area contributed by atoms with Gasteiger partial charge in [-0.15, -0.1) is 0 Å². The van der Waals surface area contributed by atoms with Crippen LogP contribution in [0.4, 0.5) is 0 Å². The van der Waals surface area contributed by atoms with Crippen LogP contribution in [-0.2, 0) is 4.74 Å². The van der Waals surface area contributed by atoms with Crippen LogP contribution in [0.2, 0.25) is 0 Å². The summed E-state index contributed by atoms with van der Waals surface area (Å²) in [5.74, 6) is 0. The van der Waals surface area contributed by atoms with Crippen molar-refractivity contribution in [3.05, 3.63) is 0 Å². The van der Waals surface area contributed by atoms with E-state index in [9.17, 15) is 0 Å². The minimum atomic E-state index is 0.353. The Hall–Kier alpha value is -0.120. The van der Waals surface area contributed by atoms with Crippen LogP contribution >= 0.6 is 0 Å². The number of nitrogens with one attached hydrogen (secondary N) is 1. The molecular weight excluding hydrogens is 248 g/mol. The van der Waals surface area contributed by atoms with Gasteiger partial charge in [0.25, 0.3) is 0 Å². The molecular formula is C17H34N2O. The maximum absolute atomic E-state index is 5.86. The van der Waals surface area contributed by atoms with Crippen LogP contribution < -0.4 is 5.32 Å². The number of nitrogens with zero attached hydrogens (tertiary/aromatic N) is 1. The molecule has 0 bridgehead atoms. The van der Waals surface area contributed by atoms with E-state index in [1.807, 2.05) is 0 Å². The predicted octanol–water partition coefficient (Wildman–Crippen LogP) is 3.05. The maximum atomic E-state index is 5.86.